The van der Waals surface area contributed by atoms with Crippen LogP contribution in [0.1, 0.15) is 36.8 Å². The molecule has 27 heavy (non-hydrogen) atoms. The highest BCUT2D eigenvalue weighted by molar-refractivity contribution is 5.94. The van der Waals surface area contributed by atoms with Crippen molar-refractivity contribution in [2.75, 3.05) is 0 Å². The van der Waals surface area contributed by atoms with Gasteiger partial charge in [0.2, 0.25) is 0 Å². The fourth-order valence-electron chi connectivity index (χ4n) is 2.67. The Morgan fingerprint density at radius 1 is 1.22 bits per heavy atom. The summed E-state index contributed by atoms with van der Waals surface area (Å²) in [4.78, 5) is 27.6. The second kappa shape index (κ2) is 7.11. The van der Waals surface area contributed by atoms with E-state index < -0.39 is 17.7 Å². The zero-order valence-electron chi connectivity index (χ0n) is 15.4. The summed E-state index contributed by atoms with van der Waals surface area (Å²) in [6.07, 6.45) is 3.07. The Kier molecular flexibility index (Phi) is 4.85. The van der Waals surface area contributed by atoms with Crippen molar-refractivity contribution in [3.8, 4) is 11.3 Å². The van der Waals surface area contributed by atoms with Crippen molar-refractivity contribution in [1.82, 2.24) is 14.7 Å². The smallest absolute Gasteiger partial charge is 0.407 e. The molecule has 2 N–H and O–H groups in total. The summed E-state index contributed by atoms with van der Waals surface area (Å²) in [7, 11) is 0. The highest BCUT2D eigenvalue weighted by atomic mass is 16.6. The number of carbonyl (C=O) groups is 2. The molecule has 0 atom stereocenters. The molecule has 2 heterocycles. The van der Waals surface area contributed by atoms with Crippen molar-refractivity contribution in [1.29, 1.82) is 0 Å². The number of nitrogens with one attached hydrogen (secondary N) is 1. The number of hydrogen-bond donors (Lipinski definition) is 2. The molecular formula is C20H21N3O4. The summed E-state index contributed by atoms with van der Waals surface area (Å²) >= 11 is 0. The van der Waals surface area contributed by atoms with Gasteiger partial charge in [-0.15, -0.1) is 0 Å². The summed E-state index contributed by atoms with van der Waals surface area (Å²) in [5.41, 5.74) is 2.12. The molecule has 0 bridgehead atoms. The summed E-state index contributed by atoms with van der Waals surface area (Å²) in [5.74, 6) is -1.08. The van der Waals surface area contributed by atoms with E-state index in [2.05, 4.69) is 10.3 Å². The van der Waals surface area contributed by atoms with Crippen molar-refractivity contribution < 1.29 is 19.4 Å². The third-order valence-corrected chi connectivity index (χ3v) is 3.78. The Balaban J connectivity index is 1.84. The van der Waals surface area contributed by atoms with Gasteiger partial charge in [0.25, 0.3) is 0 Å². The van der Waals surface area contributed by atoms with Gasteiger partial charge < -0.3 is 19.6 Å². The zero-order valence-corrected chi connectivity index (χ0v) is 15.4. The van der Waals surface area contributed by atoms with Crippen LogP contribution in [0.25, 0.3) is 16.8 Å². The van der Waals surface area contributed by atoms with Crippen LogP contribution in [0.3, 0.4) is 0 Å². The summed E-state index contributed by atoms with van der Waals surface area (Å²) in [6.45, 7) is 5.70. The van der Waals surface area contributed by atoms with Crippen molar-refractivity contribution in [3.63, 3.8) is 0 Å². The Morgan fingerprint density at radius 3 is 2.70 bits per heavy atom. The average molecular weight is 367 g/mol. The van der Waals surface area contributed by atoms with Crippen molar-refractivity contribution in [2.24, 2.45) is 0 Å². The van der Waals surface area contributed by atoms with Crippen LogP contribution in [-0.2, 0) is 11.3 Å². The number of nitrogens with zero attached hydrogens (tertiary/aromatic N) is 2. The number of aromatic carboxylic acids is 1. The summed E-state index contributed by atoms with van der Waals surface area (Å²) in [6, 6.07) is 10.9. The number of carboxylic acid groups (broad SMARTS) is 1. The zero-order chi connectivity index (χ0) is 19.6. The van der Waals surface area contributed by atoms with Crippen LogP contribution < -0.4 is 5.32 Å². The first kappa shape index (κ1) is 18.4. The third kappa shape index (κ3) is 4.44. The molecule has 0 unspecified atom stereocenters. The van der Waals surface area contributed by atoms with Gasteiger partial charge in [-0.05, 0) is 44.5 Å². The topological polar surface area (TPSA) is 92.9 Å². The van der Waals surface area contributed by atoms with E-state index in [0.29, 0.717) is 17.8 Å². The minimum Gasteiger partial charge on any atom is -0.476 e. The number of rotatable bonds is 4. The second-order valence-corrected chi connectivity index (χ2v) is 7.14. The van der Waals surface area contributed by atoms with Gasteiger partial charge in [-0.1, -0.05) is 18.2 Å². The van der Waals surface area contributed by atoms with Crippen LogP contribution in [0.5, 0.6) is 0 Å². The van der Waals surface area contributed by atoms with E-state index >= 15 is 0 Å². The predicted octanol–water partition coefficient (Wildman–Crippen LogP) is 3.72. The minimum absolute atomic E-state index is 0.00483. The largest absolute Gasteiger partial charge is 0.476 e. The van der Waals surface area contributed by atoms with E-state index in [1.807, 2.05) is 24.3 Å². The number of aromatic nitrogens is 2. The fourth-order valence-corrected chi connectivity index (χ4v) is 2.67. The van der Waals surface area contributed by atoms with E-state index in [0.717, 1.165) is 11.1 Å². The predicted molar refractivity (Wildman–Crippen MR) is 101 cm³/mol. The molecule has 1 aromatic carbocycles. The van der Waals surface area contributed by atoms with Gasteiger partial charge in [0.05, 0.1) is 11.2 Å². The summed E-state index contributed by atoms with van der Waals surface area (Å²) < 4.78 is 6.96. The number of benzene rings is 1. The van der Waals surface area contributed by atoms with Crippen LogP contribution in [0.4, 0.5) is 4.79 Å². The van der Waals surface area contributed by atoms with Crippen molar-refractivity contribution in [3.05, 3.63) is 60.0 Å². The van der Waals surface area contributed by atoms with Gasteiger partial charge >= 0.3 is 12.1 Å². The SMILES string of the molecule is CC(C)(C)OC(=O)NCc1cccc(-c2cn3cccc3c(C(=O)O)n2)c1. The van der Waals surface area contributed by atoms with Gasteiger partial charge in [0, 0.05) is 24.5 Å². The molecule has 3 aromatic rings. The Labute approximate surface area is 156 Å². The van der Waals surface area contributed by atoms with E-state index in [1.165, 1.54) is 0 Å². The lowest BCUT2D eigenvalue weighted by atomic mass is 10.1. The van der Waals surface area contributed by atoms with Gasteiger partial charge in [-0.3, -0.25) is 0 Å². The molecule has 0 saturated carbocycles. The van der Waals surface area contributed by atoms with Crippen LogP contribution in [-0.4, -0.2) is 32.2 Å². The number of ether oxygens (including phenoxy) is 1. The molecule has 0 fully saturated rings. The normalized spacial score (nSPS) is 11.4. The first-order chi connectivity index (χ1) is 12.7. The van der Waals surface area contributed by atoms with Crippen molar-refractivity contribution >= 4 is 17.6 Å². The molecule has 0 aliphatic rings. The van der Waals surface area contributed by atoms with Crippen LogP contribution >= 0.6 is 0 Å². The molecule has 0 aliphatic carbocycles. The first-order valence-corrected chi connectivity index (χ1v) is 8.50. The molecule has 7 nitrogen and oxygen atoms in total. The Hall–Kier alpha value is -3.35. The highest BCUT2D eigenvalue weighted by Gasteiger charge is 2.16. The standard InChI is InChI=1S/C20H21N3O4/c1-20(2,3)27-19(26)21-11-13-6-4-7-14(10-13)15-12-23-9-5-8-16(23)17(22-15)18(24)25/h4-10,12H,11H2,1-3H3,(H,21,26)(H,24,25). The maximum atomic E-state index is 11.8. The van der Waals surface area contributed by atoms with Gasteiger partial charge in [-0.25, -0.2) is 14.6 Å². The molecule has 7 heteroatoms. The number of carboxylic acids is 1. The molecule has 0 saturated heterocycles. The minimum atomic E-state index is -1.08. The van der Waals surface area contributed by atoms with Gasteiger partial charge in [0.1, 0.15) is 5.60 Å². The van der Waals surface area contributed by atoms with Gasteiger partial charge in [0.15, 0.2) is 5.69 Å². The number of amides is 1. The van der Waals surface area contributed by atoms with Crippen molar-refractivity contribution in [2.45, 2.75) is 32.9 Å². The molecule has 0 radical (unpaired) electrons. The number of carbonyl (C=O) groups excluding carboxylic acids is 1. The number of fused-ring (bicyclic) bond motifs is 1. The lowest BCUT2D eigenvalue weighted by Crippen LogP contribution is -2.32. The average Bonchev–Trinajstić information content (AvgIpc) is 3.06. The van der Waals surface area contributed by atoms with Gasteiger partial charge in [-0.2, -0.15) is 0 Å². The molecule has 2 aromatic heterocycles. The second-order valence-electron chi connectivity index (χ2n) is 7.14. The van der Waals surface area contributed by atoms with Crippen LogP contribution in [0.15, 0.2) is 48.8 Å². The molecule has 0 spiro atoms. The monoisotopic (exact) mass is 367 g/mol. The maximum absolute atomic E-state index is 11.8. The van der Waals surface area contributed by atoms with E-state index in [9.17, 15) is 14.7 Å². The lowest BCUT2D eigenvalue weighted by molar-refractivity contribution is 0.0523. The number of hydrogen-bond acceptors (Lipinski definition) is 4. The first-order valence-electron chi connectivity index (χ1n) is 8.50. The quantitative estimate of drug-likeness (QED) is 0.733. The van der Waals surface area contributed by atoms with Crippen LogP contribution in [0, 0.1) is 0 Å². The summed E-state index contributed by atoms with van der Waals surface area (Å²) in [5, 5.41) is 12.1. The molecule has 3 rings (SSSR count). The third-order valence-electron chi connectivity index (χ3n) is 3.78. The van der Waals surface area contributed by atoms with E-state index in [1.54, 1.807) is 49.7 Å². The molecule has 140 valence electrons. The lowest BCUT2D eigenvalue weighted by Gasteiger charge is -2.19. The Morgan fingerprint density at radius 2 is 2.00 bits per heavy atom. The number of alkyl carbamates (subject to hydrolysis) is 1. The molecular weight excluding hydrogens is 346 g/mol. The highest BCUT2D eigenvalue weighted by Crippen LogP contribution is 2.21. The molecule has 0 aliphatic heterocycles. The van der Waals surface area contributed by atoms with Crippen LogP contribution in [0.2, 0.25) is 0 Å². The van der Waals surface area contributed by atoms with E-state index in [4.69, 9.17) is 4.74 Å². The maximum Gasteiger partial charge on any atom is 0.407 e. The van der Waals surface area contributed by atoms with E-state index in [-0.39, 0.29) is 5.69 Å². The Bertz CT molecular complexity index is 1000. The fraction of sp³-hybridized carbons (Fsp3) is 0.250. The molecule has 1 amide bonds.